The van der Waals surface area contributed by atoms with Crippen LogP contribution in [0.25, 0.3) is 0 Å². The summed E-state index contributed by atoms with van der Waals surface area (Å²) in [5.41, 5.74) is 2.13. The van der Waals surface area contributed by atoms with E-state index in [1.165, 1.54) is 5.56 Å². The topological polar surface area (TPSA) is 46.9 Å². The molecule has 4 nitrogen and oxygen atoms in total. The van der Waals surface area contributed by atoms with Gasteiger partial charge in [0.2, 0.25) is 5.91 Å². The van der Waals surface area contributed by atoms with Crippen molar-refractivity contribution in [2.75, 3.05) is 5.32 Å². The molecule has 0 saturated heterocycles. The van der Waals surface area contributed by atoms with Crippen molar-refractivity contribution < 1.29 is 4.79 Å². The van der Waals surface area contributed by atoms with Gasteiger partial charge >= 0.3 is 0 Å². The van der Waals surface area contributed by atoms with Gasteiger partial charge in [0.1, 0.15) is 5.82 Å². The molecule has 5 heteroatoms. The van der Waals surface area contributed by atoms with Gasteiger partial charge < -0.3 is 5.32 Å². The minimum Gasteiger partial charge on any atom is -0.311 e. The van der Waals surface area contributed by atoms with Gasteiger partial charge in [-0.25, -0.2) is 0 Å². The summed E-state index contributed by atoms with van der Waals surface area (Å²) in [6, 6.07) is 10.1. The molecule has 0 spiro atoms. The van der Waals surface area contributed by atoms with Gasteiger partial charge in [-0.2, -0.15) is 5.10 Å². The first-order valence-electron chi connectivity index (χ1n) is 6.61. The average Bonchev–Trinajstić information content (AvgIpc) is 3.12. The fourth-order valence-corrected chi connectivity index (χ4v) is 2.95. The number of amides is 1. The van der Waals surface area contributed by atoms with Crippen LogP contribution < -0.4 is 5.32 Å². The second kappa shape index (κ2) is 5.05. The van der Waals surface area contributed by atoms with Gasteiger partial charge in [0.15, 0.2) is 0 Å². The smallest absolute Gasteiger partial charge is 0.229 e. The Morgan fingerprint density at radius 2 is 2.25 bits per heavy atom. The van der Waals surface area contributed by atoms with Gasteiger partial charge in [0.25, 0.3) is 0 Å². The number of carbonyl (C=O) groups is 1. The van der Waals surface area contributed by atoms with E-state index in [2.05, 4.69) is 38.5 Å². The molecule has 1 amide bonds. The highest BCUT2D eigenvalue weighted by molar-refractivity contribution is 9.10. The van der Waals surface area contributed by atoms with Gasteiger partial charge in [-0.15, -0.1) is 0 Å². The second-order valence-corrected chi connectivity index (χ2v) is 6.20. The third kappa shape index (κ3) is 2.63. The standard InChI is InChI=1S/C15H16BrN3O/c1-9-6-14(19(2)18-9)17-15(20)13-8-12(13)10-4-3-5-11(16)7-10/h3-7,12-13H,8H2,1-2H3,(H,17,20)/t12-,13+/m1/s1. The first-order chi connectivity index (χ1) is 9.54. The molecule has 1 fully saturated rings. The lowest BCUT2D eigenvalue weighted by Gasteiger charge is -2.05. The molecule has 104 valence electrons. The zero-order chi connectivity index (χ0) is 14.3. The zero-order valence-corrected chi connectivity index (χ0v) is 13.0. The number of hydrogen-bond donors (Lipinski definition) is 1. The molecule has 0 unspecified atom stereocenters. The maximum absolute atomic E-state index is 12.2. The Hall–Kier alpha value is -1.62. The summed E-state index contributed by atoms with van der Waals surface area (Å²) >= 11 is 3.47. The van der Waals surface area contributed by atoms with E-state index >= 15 is 0 Å². The van der Waals surface area contributed by atoms with Crippen molar-refractivity contribution >= 4 is 27.7 Å². The van der Waals surface area contributed by atoms with Crippen molar-refractivity contribution in [3.8, 4) is 0 Å². The van der Waals surface area contributed by atoms with Crippen molar-refractivity contribution in [2.24, 2.45) is 13.0 Å². The van der Waals surface area contributed by atoms with Gasteiger partial charge in [-0.05, 0) is 37.0 Å². The van der Waals surface area contributed by atoms with Gasteiger partial charge in [0.05, 0.1) is 5.69 Å². The van der Waals surface area contributed by atoms with E-state index in [0.717, 1.165) is 22.4 Å². The van der Waals surface area contributed by atoms with Crippen LogP contribution in [0.2, 0.25) is 0 Å². The summed E-state index contributed by atoms with van der Waals surface area (Å²) in [6.07, 6.45) is 0.916. The monoisotopic (exact) mass is 333 g/mol. The maximum atomic E-state index is 12.2. The summed E-state index contributed by atoms with van der Waals surface area (Å²) in [4.78, 5) is 12.2. The quantitative estimate of drug-likeness (QED) is 0.937. The normalized spacial score (nSPS) is 20.8. The number of carbonyl (C=O) groups excluding carboxylic acids is 1. The SMILES string of the molecule is Cc1cc(NC(=O)[C@H]2C[C@@H]2c2cccc(Br)c2)n(C)n1. The summed E-state index contributed by atoms with van der Waals surface area (Å²) in [5, 5.41) is 7.19. The lowest BCUT2D eigenvalue weighted by molar-refractivity contribution is -0.117. The number of rotatable bonds is 3. The number of benzene rings is 1. The number of nitrogens with one attached hydrogen (secondary N) is 1. The first-order valence-corrected chi connectivity index (χ1v) is 7.41. The molecule has 2 aromatic rings. The number of nitrogens with zero attached hydrogens (tertiary/aromatic N) is 2. The van der Waals surface area contributed by atoms with Crippen molar-refractivity contribution in [2.45, 2.75) is 19.3 Å². The molecule has 1 aromatic heterocycles. The number of aromatic nitrogens is 2. The molecule has 1 saturated carbocycles. The summed E-state index contributed by atoms with van der Waals surface area (Å²) < 4.78 is 2.76. The van der Waals surface area contributed by atoms with Crippen LogP contribution in [0.1, 0.15) is 23.6 Å². The highest BCUT2D eigenvalue weighted by Gasteiger charge is 2.44. The minimum absolute atomic E-state index is 0.0690. The maximum Gasteiger partial charge on any atom is 0.229 e. The van der Waals surface area contributed by atoms with E-state index in [0.29, 0.717) is 5.92 Å². The lowest BCUT2D eigenvalue weighted by atomic mass is 10.1. The van der Waals surface area contributed by atoms with Crippen LogP contribution >= 0.6 is 15.9 Å². The third-order valence-corrected chi connectivity index (χ3v) is 4.15. The Bertz CT molecular complexity index is 665. The molecular formula is C15H16BrN3O. The highest BCUT2D eigenvalue weighted by atomic mass is 79.9. The Labute approximate surface area is 126 Å². The van der Waals surface area contributed by atoms with Crippen molar-refractivity contribution in [1.29, 1.82) is 0 Å². The average molecular weight is 334 g/mol. The minimum atomic E-state index is 0.0690. The molecule has 1 N–H and O–H groups in total. The van der Waals surface area contributed by atoms with Crippen LogP contribution in [0.5, 0.6) is 0 Å². The molecule has 20 heavy (non-hydrogen) atoms. The van der Waals surface area contributed by atoms with Crippen molar-refractivity contribution in [3.05, 3.63) is 46.1 Å². The van der Waals surface area contributed by atoms with Gasteiger partial charge in [0, 0.05) is 23.5 Å². The zero-order valence-electron chi connectivity index (χ0n) is 11.4. The van der Waals surface area contributed by atoms with E-state index in [-0.39, 0.29) is 11.8 Å². The van der Waals surface area contributed by atoms with Crippen molar-refractivity contribution in [1.82, 2.24) is 9.78 Å². The predicted molar refractivity (Wildman–Crippen MR) is 81.6 cm³/mol. The lowest BCUT2D eigenvalue weighted by Crippen LogP contribution is -2.16. The largest absolute Gasteiger partial charge is 0.311 e. The van der Waals surface area contributed by atoms with Crippen molar-refractivity contribution in [3.63, 3.8) is 0 Å². The molecule has 1 aliphatic rings. The fourth-order valence-electron chi connectivity index (χ4n) is 2.54. The second-order valence-electron chi connectivity index (χ2n) is 5.29. The van der Waals surface area contributed by atoms with E-state index < -0.39 is 0 Å². The van der Waals surface area contributed by atoms with E-state index in [1.54, 1.807) is 4.68 Å². The first kappa shape index (κ1) is 13.4. The molecule has 3 rings (SSSR count). The van der Waals surface area contributed by atoms with Crippen LogP contribution in [-0.4, -0.2) is 15.7 Å². The van der Waals surface area contributed by atoms with Crippen LogP contribution in [0.15, 0.2) is 34.8 Å². The molecule has 1 aliphatic carbocycles. The van der Waals surface area contributed by atoms with Crippen LogP contribution in [-0.2, 0) is 11.8 Å². The summed E-state index contributed by atoms with van der Waals surface area (Å²) in [7, 11) is 1.83. The Kier molecular flexibility index (Phi) is 3.38. The van der Waals surface area contributed by atoms with Gasteiger partial charge in [-0.1, -0.05) is 28.1 Å². The number of halogens is 1. The fraction of sp³-hybridized carbons (Fsp3) is 0.333. The van der Waals surface area contributed by atoms with Gasteiger partial charge in [-0.3, -0.25) is 9.48 Å². The van der Waals surface area contributed by atoms with E-state index in [4.69, 9.17) is 0 Å². The third-order valence-electron chi connectivity index (χ3n) is 3.66. The van der Waals surface area contributed by atoms with E-state index in [9.17, 15) is 4.79 Å². The Balaban J connectivity index is 1.67. The molecule has 1 aromatic carbocycles. The predicted octanol–water partition coefficient (Wildman–Crippen LogP) is 3.23. The molecule has 0 aliphatic heterocycles. The van der Waals surface area contributed by atoms with Crippen LogP contribution in [0, 0.1) is 12.8 Å². The Morgan fingerprint density at radius 1 is 1.45 bits per heavy atom. The van der Waals surface area contributed by atoms with E-state index in [1.807, 2.05) is 32.2 Å². The number of hydrogen-bond acceptors (Lipinski definition) is 2. The summed E-state index contributed by atoms with van der Waals surface area (Å²) in [5.74, 6) is 1.24. The molecule has 0 radical (unpaired) electrons. The molecular weight excluding hydrogens is 318 g/mol. The van der Waals surface area contributed by atoms with Crippen LogP contribution in [0.4, 0.5) is 5.82 Å². The molecule has 2 atom stereocenters. The summed E-state index contributed by atoms with van der Waals surface area (Å²) in [6.45, 7) is 1.91. The number of anilines is 1. The molecule has 1 heterocycles. The Morgan fingerprint density at radius 3 is 2.90 bits per heavy atom. The molecule has 0 bridgehead atoms. The van der Waals surface area contributed by atoms with Crippen LogP contribution in [0.3, 0.4) is 0 Å². The highest BCUT2D eigenvalue weighted by Crippen LogP contribution is 2.48. The number of aryl methyl sites for hydroxylation is 2.